The Balaban J connectivity index is 2.07. The van der Waals surface area contributed by atoms with E-state index in [9.17, 15) is 14.7 Å². The van der Waals surface area contributed by atoms with Crippen LogP contribution in [0.15, 0.2) is 24.3 Å². The first-order valence-corrected chi connectivity index (χ1v) is 9.24. The van der Waals surface area contributed by atoms with Crippen LogP contribution in [-0.4, -0.2) is 50.5 Å². The van der Waals surface area contributed by atoms with E-state index in [4.69, 9.17) is 22.1 Å². The molecule has 0 spiro atoms. The van der Waals surface area contributed by atoms with Crippen molar-refractivity contribution in [2.24, 2.45) is 5.73 Å². The van der Waals surface area contributed by atoms with Crippen LogP contribution in [0.25, 0.3) is 11.3 Å². The zero-order chi connectivity index (χ0) is 20.6. The number of amides is 2. The van der Waals surface area contributed by atoms with Crippen LogP contribution in [0.4, 0.5) is 4.79 Å². The van der Waals surface area contributed by atoms with Crippen molar-refractivity contribution in [1.82, 2.24) is 14.7 Å². The molecule has 0 fully saturated rings. The summed E-state index contributed by atoms with van der Waals surface area (Å²) < 4.78 is 7.00. The summed E-state index contributed by atoms with van der Waals surface area (Å²) in [4.78, 5) is 26.2. The number of primary amides is 1. The number of aromatic nitrogens is 2. The third kappa shape index (κ3) is 3.98. The Hall–Kier alpha value is -2.58. The third-order valence-corrected chi connectivity index (χ3v) is 4.57. The van der Waals surface area contributed by atoms with E-state index in [1.165, 1.54) is 4.90 Å². The molecule has 3 rings (SSSR count). The minimum atomic E-state index is -0.668. The van der Waals surface area contributed by atoms with Gasteiger partial charge in [0, 0.05) is 17.1 Å². The number of ether oxygens (including phenoxy) is 1. The van der Waals surface area contributed by atoms with Gasteiger partial charge in [-0.3, -0.25) is 9.48 Å². The maximum absolute atomic E-state index is 12.5. The lowest BCUT2D eigenvalue weighted by atomic mass is 10.0. The first-order chi connectivity index (χ1) is 13.1. The molecule has 3 N–H and O–H groups in total. The SMILES string of the molecule is CC(C)(C)OC(=O)N1Cc2c(C(N)=O)c(-c3cccc(Cl)c3)nn2C(CO)C1. The zero-order valence-electron chi connectivity index (χ0n) is 16.0. The van der Waals surface area contributed by atoms with Crippen molar-refractivity contribution in [2.45, 2.75) is 39.0 Å². The number of rotatable bonds is 3. The number of halogens is 1. The molecule has 9 heteroatoms. The van der Waals surface area contributed by atoms with Gasteiger partial charge < -0.3 is 20.5 Å². The Morgan fingerprint density at radius 3 is 2.68 bits per heavy atom. The lowest BCUT2D eigenvalue weighted by Crippen LogP contribution is -2.45. The normalized spacial score (nSPS) is 16.6. The maximum atomic E-state index is 12.5. The van der Waals surface area contributed by atoms with Crippen LogP contribution in [0.3, 0.4) is 0 Å². The van der Waals surface area contributed by atoms with E-state index in [1.807, 2.05) is 0 Å². The second-order valence-electron chi connectivity index (χ2n) is 7.69. The van der Waals surface area contributed by atoms with E-state index in [0.29, 0.717) is 22.0 Å². The fraction of sp³-hybridized carbons (Fsp3) is 0.421. The van der Waals surface area contributed by atoms with Crippen molar-refractivity contribution in [1.29, 1.82) is 0 Å². The summed E-state index contributed by atoms with van der Waals surface area (Å²) >= 11 is 6.08. The highest BCUT2D eigenvalue weighted by Gasteiger charge is 2.35. The van der Waals surface area contributed by atoms with Crippen LogP contribution in [0.1, 0.15) is 42.9 Å². The van der Waals surface area contributed by atoms with Crippen LogP contribution in [-0.2, 0) is 11.3 Å². The van der Waals surface area contributed by atoms with Gasteiger partial charge in [-0.05, 0) is 32.9 Å². The van der Waals surface area contributed by atoms with Gasteiger partial charge in [-0.15, -0.1) is 0 Å². The van der Waals surface area contributed by atoms with Gasteiger partial charge >= 0.3 is 6.09 Å². The van der Waals surface area contributed by atoms with E-state index < -0.39 is 23.6 Å². The van der Waals surface area contributed by atoms with Gasteiger partial charge in [-0.25, -0.2) is 4.79 Å². The molecule has 1 aromatic heterocycles. The third-order valence-electron chi connectivity index (χ3n) is 4.33. The molecule has 1 atom stereocenters. The summed E-state index contributed by atoms with van der Waals surface area (Å²) in [5.41, 5.74) is 6.64. The molecule has 1 aromatic carbocycles. The molecule has 1 unspecified atom stereocenters. The van der Waals surface area contributed by atoms with E-state index in [1.54, 1.807) is 49.7 Å². The molecule has 0 bridgehead atoms. The van der Waals surface area contributed by atoms with E-state index in [-0.39, 0.29) is 25.3 Å². The van der Waals surface area contributed by atoms with Gasteiger partial charge in [-0.1, -0.05) is 23.7 Å². The predicted molar refractivity (Wildman–Crippen MR) is 104 cm³/mol. The number of aliphatic hydroxyl groups excluding tert-OH is 1. The van der Waals surface area contributed by atoms with E-state index in [2.05, 4.69) is 5.10 Å². The number of nitrogens with two attached hydrogens (primary N) is 1. The van der Waals surface area contributed by atoms with Crippen molar-refractivity contribution in [3.05, 3.63) is 40.5 Å². The number of hydrogen-bond acceptors (Lipinski definition) is 5. The fourth-order valence-electron chi connectivity index (χ4n) is 3.20. The first kappa shape index (κ1) is 20.2. The second-order valence-corrected chi connectivity index (χ2v) is 8.12. The number of aliphatic hydroxyl groups is 1. The summed E-state index contributed by atoms with van der Waals surface area (Å²) in [5.74, 6) is -0.668. The minimum absolute atomic E-state index is 0.0945. The number of benzene rings is 1. The molecule has 1 aliphatic heterocycles. The number of carbonyl (C=O) groups is 2. The largest absolute Gasteiger partial charge is 0.444 e. The number of hydrogen-bond donors (Lipinski definition) is 2. The summed E-state index contributed by atoms with van der Waals surface area (Å²) in [7, 11) is 0. The number of fused-ring (bicyclic) bond motifs is 1. The zero-order valence-corrected chi connectivity index (χ0v) is 16.7. The van der Waals surface area contributed by atoms with Crippen molar-refractivity contribution < 1.29 is 19.4 Å². The van der Waals surface area contributed by atoms with Crippen LogP contribution in [0, 0.1) is 0 Å². The molecule has 0 aliphatic carbocycles. The highest BCUT2D eigenvalue weighted by Crippen LogP contribution is 2.32. The minimum Gasteiger partial charge on any atom is -0.444 e. The standard InChI is InChI=1S/C19H23ClN4O4/c1-19(2,3)28-18(27)23-8-13(10-25)24-14(9-23)15(17(21)26)16(22-24)11-5-4-6-12(20)7-11/h4-7,13,25H,8-10H2,1-3H3,(H2,21,26). The first-order valence-electron chi connectivity index (χ1n) is 8.86. The number of nitrogens with zero attached hydrogens (tertiary/aromatic N) is 3. The Morgan fingerprint density at radius 1 is 1.39 bits per heavy atom. The molecule has 2 heterocycles. The Kier molecular flexibility index (Phi) is 5.36. The Bertz CT molecular complexity index is 919. The van der Waals surface area contributed by atoms with Crippen LogP contribution in [0.5, 0.6) is 0 Å². The van der Waals surface area contributed by atoms with Gasteiger partial charge in [0.15, 0.2) is 0 Å². The lowest BCUT2D eigenvalue weighted by Gasteiger charge is -2.34. The summed E-state index contributed by atoms with van der Waals surface area (Å²) in [6, 6.07) is 6.39. The lowest BCUT2D eigenvalue weighted by molar-refractivity contribution is 0.0127. The Labute approximate surface area is 167 Å². The fourth-order valence-corrected chi connectivity index (χ4v) is 3.39. The van der Waals surface area contributed by atoms with Gasteiger partial charge in [0.2, 0.25) is 0 Å². The van der Waals surface area contributed by atoms with Crippen LogP contribution < -0.4 is 5.73 Å². The average molecular weight is 407 g/mol. The molecule has 2 amide bonds. The second kappa shape index (κ2) is 7.44. The molecule has 0 saturated carbocycles. The van der Waals surface area contributed by atoms with Gasteiger partial charge in [-0.2, -0.15) is 5.10 Å². The quantitative estimate of drug-likeness (QED) is 0.813. The highest BCUT2D eigenvalue weighted by molar-refractivity contribution is 6.30. The van der Waals surface area contributed by atoms with E-state index >= 15 is 0 Å². The van der Waals surface area contributed by atoms with Gasteiger partial charge in [0.1, 0.15) is 11.3 Å². The van der Waals surface area contributed by atoms with Crippen molar-refractivity contribution in [3.8, 4) is 11.3 Å². The van der Waals surface area contributed by atoms with Crippen LogP contribution in [0.2, 0.25) is 5.02 Å². The number of carbonyl (C=O) groups excluding carboxylic acids is 2. The molecular formula is C19H23ClN4O4. The average Bonchev–Trinajstić information content (AvgIpc) is 2.99. The predicted octanol–water partition coefficient (Wildman–Crippen LogP) is 2.59. The Morgan fingerprint density at radius 2 is 2.11 bits per heavy atom. The van der Waals surface area contributed by atoms with Crippen molar-refractivity contribution >= 4 is 23.6 Å². The smallest absolute Gasteiger partial charge is 0.410 e. The molecule has 8 nitrogen and oxygen atoms in total. The summed E-state index contributed by atoms with van der Waals surface area (Å²) in [5, 5.41) is 14.9. The van der Waals surface area contributed by atoms with Gasteiger partial charge in [0.25, 0.3) is 5.91 Å². The van der Waals surface area contributed by atoms with Crippen molar-refractivity contribution in [3.63, 3.8) is 0 Å². The van der Waals surface area contributed by atoms with E-state index in [0.717, 1.165) is 0 Å². The van der Waals surface area contributed by atoms with Gasteiger partial charge in [0.05, 0.1) is 30.5 Å². The van der Waals surface area contributed by atoms with Crippen LogP contribution >= 0.6 is 11.6 Å². The molecule has 1 aliphatic rings. The molecular weight excluding hydrogens is 384 g/mol. The maximum Gasteiger partial charge on any atom is 0.410 e. The monoisotopic (exact) mass is 406 g/mol. The summed E-state index contributed by atoms with van der Waals surface area (Å²) in [6.07, 6.45) is -0.530. The molecule has 28 heavy (non-hydrogen) atoms. The van der Waals surface area contributed by atoms with Crippen molar-refractivity contribution in [2.75, 3.05) is 13.2 Å². The molecule has 0 radical (unpaired) electrons. The molecule has 2 aromatic rings. The summed E-state index contributed by atoms with van der Waals surface area (Å²) in [6.45, 7) is 5.35. The molecule has 0 saturated heterocycles. The molecule has 150 valence electrons. The topological polar surface area (TPSA) is 111 Å². The highest BCUT2D eigenvalue weighted by atomic mass is 35.5.